The van der Waals surface area contributed by atoms with Gasteiger partial charge >= 0.3 is 0 Å². The van der Waals surface area contributed by atoms with Gasteiger partial charge in [0.05, 0.1) is 25.3 Å². The fourth-order valence-electron chi connectivity index (χ4n) is 3.56. The summed E-state index contributed by atoms with van der Waals surface area (Å²) in [6.45, 7) is 0.423. The number of nitrogens with zero attached hydrogens (tertiary/aromatic N) is 1. The lowest BCUT2D eigenvalue weighted by Gasteiger charge is -2.23. The highest BCUT2D eigenvalue weighted by molar-refractivity contribution is 5.84. The van der Waals surface area contributed by atoms with Crippen molar-refractivity contribution in [1.29, 1.82) is 0 Å². The second-order valence-corrected chi connectivity index (χ2v) is 6.34. The van der Waals surface area contributed by atoms with E-state index in [0.29, 0.717) is 12.5 Å². The van der Waals surface area contributed by atoms with Crippen LogP contribution < -0.4 is 10.1 Å². The van der Waals surface area contributed by atoms with Gasteiger partial charge in [0.1, 0.15) is 5.75 Å². The van der Waals surface area contributed by atoms with Gasteiger partial charge in [-0.2, -0.15) is 0 Å². The minimum absolute atomic E-state index is 0.0701. The third kappa shape index (κ3) is 3.94. The lowest BCUT2D eigenvalue weighted by Crippen LogP contribution is -2.32. The van der Waals surface area contributed by atoms with Gasteiger partial charge in [-0.25, -0.2) is 0 Å². The number of nitrogens with one attached hydrogen (secondary N) is 1. The molecular formula is C20H24N2O2. The number of carbonyl (C=O) groups is 1. The number of amides is 1. The Kier molecular flexibility index (Phi) is 5.47. The van der Waals surface area contributed by atoms with Gasteiger partial charge < -0.3 is 10.1 Å². The Hall–Kier alpha value is -2.36. The molecule has 1 aliphatic rings. The van der Waals surface area contributed by atoms with Crippen molar-refractivity contribution in [1.82, 2.24) is 10.3 Å². The average Bonchev–Trinajstić information content (AvgIpc) is 3.15. The van der Waals surface area contributed by atoms with Crippen LogP contribution >= 0.6 is 0 Å². The minimum Gasteiger partial charge on any atom is -0.497 e. The summed E-state index contributed by atoms with van der Waals surface area (Å²) < 4.78 is 5.21. The fourth-order valence-corrected chi connectivity index (χ4v) is 3.56. The first-order chi connectivity index (χ1) is 11.8. The molecule has 0 aliphatic heterocycles. The van der Waals surface area contributed by atoms with E-state index in [1.54, 1.807) is 19.4 Å². The Morgan fingerprint density at radius 2 is 2.00 bits per heavy atom. The molecule has 24 heavy (non-hydrogen) atoms. The maximum absolute atomic E-state index is 12.9. The smallest absolute Gasteiger partial charge is 0.228 e. The molecule has 1 amide bonds. The number of pyridine rings is 1. The van der Waals surface area contributed by atoms with E-state index in [1.165, 1.54) is 12.8 Å². The third-order valence-corrected chi connectivity index (χ3v) is 4.78. The second kappa shape index (κ2) is 7.95. The van der Waals surface area contributed by atoms with Gasteiger partial charge in [0, 0.05) is 12.3 Å². The number of hydrogen-bond donors (Lipinski definition) is 1. The zero-order valence-corrected chi connectivity index (χ0v) is 14.1. The molecule has 1 aliphatic carbocycles. The number of hydrogen-bond acceptors (Lipinski definition) is 3. The molecule has 1 saturated carbocycles. The molecule has 1 aromatic carbocycles. The molecule has 0 saturated heterocycles. The number of ether oxygens (including phenoxy) is 1. The third-order valence-electron chi connectivity index (χ3n) is 4.78. The summed E-state index contributed by atoms with van der Waals surface area (Å²) in [4.78, 5) is 17.2. The zero-order chi connectivity index (χ0) is 16.8. The highest BCUT2D eigenvalue weighted by Crippen LogP contribution is 2.37. The predicted octanol–water partition coefficient (Wildman–Crippen LogP) is 3.68. The molecule has 0 radical (unpaired) electrons. The first kappa shape index (κ1) is 16.5. The Balaban J connectivity index is 1.71. The van der Waals surface area contributed by atoms with Crippen LogP contribution in [0.25, 0.3) is 0 Å². The molecule has 126 valence electrons. The van der Waals surface area contributed by atoms with Crippen molar-refractivity contribution in [3.05, 3.63) is 59.9 Å². The van der Waals surface area contributed by atoms with Gasteiger partial charge in [0.25, 0.3) is 0 Å². The molecule has 4 nitrogen and oxygen atoms in total. The second-order valence-electron chi connectivity index (χ2n) is 6.34. The number of aromatic nitrogens is 1. The largest absolute Gasteiger partial charge is 0.497 e. The van der Waals surface area contributed by atoms with Crippen LogP contribution in [-0.4, -0.2) is 18.0 Å². The molecule has 1 fully saturated rings. The fraction of sp³-hybridized carbons (Fsp3) is 0.400. The molecule has 3 rings (SSSR count). The molecule has 0 bridgehead atoms. The molecule has 1 N–H and O–H groups in total. The zero-order valence-electron chi connectivity index (χ0n) is 14.1. The molecule has 1 heterocycles. The number of methoxy groups -OCH3 is 1. The van der Waals surface area contributed by atoms with Crippen molar-refractivity contribution in [3.63, 3.8) is 0 Å². The van der Waals surface area contributed by atoms with Crippen LogP contribution in [0.2, 0.25) is 0 Å². The van der Waals surface area contributed by atoms with Gasteiger partial charge in [0.2, 0.25) is 5.91 Å². The van der Waals surface area contributed by atoms with Crippen molar-refractivity contribution < 1.29 is 9.53 Å². The highest BCUT2D eigenvalue weighted by atomic mass is 16.5. The molecule has 1 atom stereocenters. The highest BCUT2D eigenvalue weighted by Gasteiger charge is 2.31. The Labute approximate surface area is 143 Å². The van der Waals surface area contributed by atoms with Crippen molar-refractivity contribution >= 4 is 5.91 Å². The molecule has 1 aromatic heterocycles. The number of benzene rings is 1. The predicted molar refractivity (Wildman–Crippen MR) is 93.8 cm³/mol. The van der Waals surface area contributed by atoms with Crippen LogP contribution in [0.15, 0.2) is 48.7 Å². The normalized spacial score (nSPS) is 15.9. The van der Waals surface area contributed by atoms with Crippen LogP contribution in [-0.2, 0) is 11.3 Å². The number of rotatable bonds is 6. The van der Waals surface area contributed by atoms with Crippen LogP contribution in [0.4, 0.5) is 0 Å². The van der Waals surface area contributed by atoms with Gasteiger partial charge in [-0.15, -0.1) is 0 Å². The first-order valence-corrected chi connectivity index (χ1v) is 8.59. The summed E-state index contributed by atoms with van der Waals surface area (Å²) in [5, 5.41) is 3.07. The standard InChI is InChI=1S/C20H24N2O2/c1-24-18-11-12-21-17(13-18)14-22-20(23)19(16-9-5-6-10-16)15-7-3-2-4-8-15/h2-4,7-8,11-13,16,19H,5-6,9-10,14H2,1H3,(H,22,23). The van der Waals surface area contributed by atoms with E-state index in [2.05, 4.69) is 22.4 Å². The molecule has 1 unspecified atom stereocenters. The lowest BCUT2D eigenvalue weighted by atomic mass is 9.84. The summed E-state index contributed by atoms with van der Waals surface area (Å²) in [5.41, 5.74) is 1.92. The van der Waals surface area contributed by atoms with E-state index < -0.39 is 0 Å². The average molecular weight is 324 g/mol. The van der Waals surface area contributed by atoms with E-state index in [-0.39, 0.29) is 11.8 Å². The molecular weight excluding hydrogens is 300 g/mol. The summed E-state index contributed by atoms with van der Waals surface area (Å²) in [6.07, 6.45) is 6.40. The molecule has 0 spiro atoms. The lowest BCUT2D eigenvalue weighted by molar-refractivity contribution is -0.123. The van der Waals surface area contributed by atoms with E-state index in [1.807, 2.05) is 24.3 Å². The van der Waals surface area contributed by atoms with Crippen LogP contribution in [0.1, 0.15) is 42.9 Å². The Morgan fingerprint density at radius 1 is 1.25 bits per heavy atom. The van der Waals surface area contributed by atoms with Crippen LogP contribution in [0.5, 0.6) is 5.75 Å². The monoisotopic (exact) mass is 324 g/mol. The van der Waals surface area contributed by atoms with Crippen molar-refractivity contribution in [2.75, 3.05) is 7.11 Å². The van der Waals surface area contributed by atoms with Gasteiger partial charge in [-0.1, -0.05) is 43.2 Å². The van der Waals surface area contributed by atoms with Crippen LogP contribution in [0.3, 0.4) is 0 Å². The Bertz CT molecular complexity index is 666. The maximum Gasteiger partial charge on any atom is 0.228 e. The number of carbonyl (C=O) groups excluding carboxylic acids is 1. The summed E-state index contributed by atoms with van der Waals surface area (Å²) >= 11 is 0. The van der Waals surface area contributed by atoms with Crippen molar-refractivity contribution in [2.24, 2.45) is 5.92 Å². The van der Waals surface area contributed by atoms with Crippen LogP contribution in [0, 0.1) is 5.92 Å². The summed E-state index contributed by atoms with van der Waals surface area (Å²) in [5.74, 6) is 1.22. The Morgan fingerprint density at radius 3 is 2.71 bits per heavy atom. The molecule has 2 aromatic rings. The van der Waals surface area contributed by atoms with Gasteiger partial charge in [-0.3, -0.25) is 9.78 Å². The SMILES string of the molecule is COc1ccnc(CNC(=O)C(c2ccccc2)C2CCCC2)c1. The first-order valence-electron chi connectivity index (χ1n) is 8.59. The summed E-state index contributed by atoms with van der Waals surface area (Å²) in [6, 6.07) is 13.8. The van der Waals surface area contributed by atoms with Crippen molar-refractivity contribution in [3.8, 4) is 5.75 Å². The van der Waals surface area contributed by atoms with Crippen molar-refractivity contribution in [2.45, 2.75) is 38.1 Å². The van der Waals surface area contributed by atoms with E-state index in [9.17, 15) is 4.79 Å². The van der Waals surface area contributed by atoms with E-state index >= 15 is 0 Å². The quantitative estimate of drug-likeness (QED) is 0.882. The maximum atomic E-state index is 12.9. The molecule has 4 heteroatoms. The van der Waals surface area contributed by atoms with E-state index in [0.717, 1.165) is 29.8 Å². The topological polar surface area (TPSA) is 51.2 Å². The van der Waals surface area contributed by atoms with Gasteiger partial charge in [-0.05, 0) is 30.4 Å². The summed E-state index contributed by atoms with van der Waals surface area (Å²) in [7, 11) is 1.63. The van der Waals surface area contributed by atoms with Gasteiger partial charge in [0.15, 0.2) is 0 Å². The minimum atomic E-state index is -0.0701. The van der Waals surface area contributed by atoms with E-state index in [4.69, 9.17) is 4.74 Å².